The first-order valence-electron chi connectivity index (χ1n) is 19.3. The number of nitrogens with zero attached hydrogens (tertiary/aromatic N) is 2. The zero-order valence-electron chi connectivity index (χ0n) is 34.0. The van der Waals surface area contributed by atoms with Gasteiger partial charge in [-0.15, -0.1) is 0 Å². The Hall–Kier alpha value is -1.01. The van der Waals surface area contributed by atoms with Gasteiger partial charge in [-0.25, -0.2) is 0 Å². The molecule has 0 aromatic carbocycles. The third kappa shape index (κ3) is 10.2. The molecule has 0 aromatic rings. The van der Waals surface area contributed by atoms with Crippen molar-refractivity contribution in [2.45, 2.75) is 180 Å². The number of cyclic esters (lactones) is 1. The third-order valence-corrected chi connectivity index (χ3v) is 12.2. The number of hydrogen-bond acceptors (Lipinski definition) is 14. The average Bonchev–Trinajstić information content (AvgIpc) is 3.08. The van der Waals surface area contributed by atoms with Crippen LogP contribution in [0.4, 0.5) is 0 Å². The monoisotopic (exact) mass is 749 g/mol. The maximum atomic E-state index is 14.2. The van der Waals surface area contributed by atoms with E-state index in [0.29, 0.717) is 19.4 Å². The molecule has 52 heavy (non-hydrogen) atoms. The van der Waals surface area contributed by atoms with Crippen molar-refractivity contribution in [3.05, 3.63) is 0 Å². The Morgan fingerprint density at radius 3 is 2.13 bits per heavy atom. The van der Waals surface area contributed by atoms with E-state index in [0.717, 1.165) is 0 Å². The van der Waals surface area contributed by atoms with Crippen molar-refractivity contribution >= 4 is 5.97 Å². The summed E-state index contributed by atoms with van der Waals surface area (Å²) in [7, 11) is 5.36. The SMILES string of the molecule is CC[C@H]1OC(=O)[C@H](C)[C@@H](O[C@H]2C[C@@](C)(OC)[C@@H](O)[C@H](C)O2)[C@H](C)[C@@H](O[C@@H]2O[C@H](C)C[C@H](N(C)C)[C@H]2O)[C@@H](C)C[C@@H](C)CN(CO)[C@H](C)[C@@H](O)[C@]1(C)O. The van der Waals surface area contributed by atoms with E-state index >= 15 is 0 Å². The van der Waals surface area contributed by atoms with Crippen LogP contribution in [0.3, 0.4) is 0 Å². The highest BCUT2D eigenvalue weighted by Gasteiger charge is 2.50. The van der Waals surface area contributed by atoms with Crippen LogP contribution < -0.4 is 0 Å². The molecule has 0 radical (unpaired) electrons. The van der Waals surface area contributed by atoms with Gasteiger partial charge >= 0.3 is 5.97 Å². The second-order valence-corrected chi connectivity index (χ2v) is 16.8. The van der Waals surface area contributed by atoms with Gasteiger partial charge in [-0.05, 0) is 86.7 Å². The Bertz CT molecular complexity index is 1120. The number of aliphatic hydroxyl groups is 5. The summed E-state index contributed by atoms with van der Waals surface area (Å²) in [6.07, 6.45) is -6.85. The Morgan fingerprint density at radius 2 is 1.58 bits per heavy atom. The molecular formula is C38H72N2O12. The van der Waals surface area contributed by atoms with Crippen molar-refractivity contribution in [2.24, 2.45) is 23.7 Å². The lowest BCUT2D eigenvalue weighted by atomic mass is 9.80. The minimum atomic E-state index is -1.85. The van der Waals surface area contributed by atoms with Crippen LogP contribution in [0.1, 0.15) is 94.9 Å². The number of methoxy groups -OCH3 is 1. The second-order valence-electron chi connectivity index (χ2n) is 16.8. The van der Waals surface area contributed by atoms with E-state index in [2.05, 4.69) is 13.8 Å². The van der Waals surface area contributed by atoms with E-state index in [1.165, 1.54) is 14.0 Å². The van der Waals surface area contributed by atoms with Crippen LogP contribution in [0.15, 0.2) is 0 Å². The predicted molar refractivity (Wildman–Crippen MR) is 194 cm³/mol. The molecule has 0 amide bonds. The second kappa shape index (κ2) is 18.8. The number of ether oxygens (including phenoxy) is 6. The van der Waals surface area contributed by atoms with E-state index in [1.54, 1.807) is 39.5 Å². The van der Waals surface area contributed by atoms with Gasteiger partial charge in [0.05, 0.1) is 42.7 Å². The summed E-state index contributed by atoms with van der Waals surface area (Å²) in [5.41, 5.74) is -2.84. The summed E-state index contributed by atoms with van der Waals surface area (Å²) in [5, 5.41) is 56.1. The lowest BCUT2D eigenvalue weighted by molar-refractivity contribution is -0.309. The predicted octanol–water partition coefficient (Wildman–Crippen LogP) is 2.11. The summed E-state index contributed by atoms with van der Waals surface area (Å²) < 4.78 is 37.8. The summed E-state index contributed by atoms with van der Waals surface area (Å²) in [6, 6.07) is -0.886. The van der Waals surface area contributed by atoms with Gasteiger partial charge in [0.15, 0.2) is 12.6 Å². The van der Waals surface area contributed by atoms with Crippen LogP contribution in [0.25, 0.3) is 0 Å². The standard InChI is InChI=1S/C38H72N2O12/c1-14-28-38(10,46)33(43)25(7)40(19-41)18-20(2)15-21(3)31(52-36-30(42)27(39(11)12)16-22(4)48-36)23(5)32(24(6)35(45)50-28)51-29-17-37(9,47-13)34(44)26(8)49-29/h20-34,36,41-44,46H,14-19H2,1-13H3/t20-,21+,22-,23-,24-,25-,26+,27+,28-,29+,30-,31+,32+,33-,34+,36+,37-,38-/m1/s1. The zero-order chi connectivity index (χ0) is 39.5. The highest BCUT2D eigenvalue weighted by atomic mass is 16.7. The Morgan fingerprint density at radius 1 is 0.942 bits per heavy atom. The molecule has 0 saturated carbocycles. The Labute approximate surface area is 312 Å². The maximum absolute atomic E-state index is 14.2. The average molecular weight is 749 g/mol. The number of aliphatic hydroxyl groups excluding tert-OH is 4. The molecule has 3 aliphatic rings. The van der Waals surface area contributed by atoms with Crippen LogP contribution in [0, 0.1) is 23.7 Å². The highest BCUT2D eigenvalue weighted by molar-refractivity contribution is 5.73. The largest absolute Gasteiger partial charge is 0.459 e. The summed E-state index contributed by atoms with van der Waals surface area (Å²) in [6.45, 7) is 18.2. The van der Waals surface area contributed by atoms with Crippen LogP contribution in [-0.2, 0) is 33.2 Å². The number of likely N-dealkylation sites (N-methyl/N-ethyl adjacent to an activating group) is 1. The zero-order valence-corrected chi connectivity index (χ0v) is 34.0. The molecule has 3 heterocycles. The molecule has 306 valence electrons. The van der Waals surface area contributed by atoms with Crippen molar-refractivity contribution in [3.63, 3.8) is 0 Å². The first kappa shape index (κ1) is 45.4. The van der Waals surface area contributed by atoms with Gasteiger partial charge < -0.3 is 58.9 Å². The van der Waals surface area contributed by atoms with Gasteiger partial charge in [-0.2, -0.15) is 0 Å². The van der Waals surface area contributed by atoms with E-state index in [4.69, 9.17) is 28.4 Å². The van der Waals surface area contributed by atoms with Crippen LogP contribution >= 0.6 is 0 Å². The molecule has 0 aliphatic carbocycles. The van der Waals surface area contributed by atoms with Crippen LogP contribution in [-0.4, -0.2) is 160 Å². The molecule has 14 heteroatoms. The van der Waals surface area contributed by atoms with Crippen molar-refractivity contribution in [1.29, 1.82) is 0 Å². The molecular weight excluding hydrogens is 676 g/mol. The molecule has 0 spiro atoms. The van der Waals surface area contributed by atoms with E-state index in [1.807, 2.05) is 32.8 Å². The fourth-order valence-electron chi connectivity index (χ4n) is 8.71. The Kier molecular flexibility index (Phi) is 16.4. The van der Waals surface area contributed by atoms with E-state index < -0.39 is 90.4 Å². The molecule has 0 aromatic heterocycles. The van der Waals surface area contributed by atoms with E-state index in [9.17, 15) is 30.3 Å². The van der Waals surface area contributed by atoms with Crippen molar-refractivity contribution < 1.29 is 58.7 Å². The quantitative estimate of drug-likeness (QED) is 0.228. The highest BCUT2D eigenvalue weighted by Crippen LogP contribution is 2.39. The minimum Gasteiger partial charge on any atom is -0.459 e. The van der Waals surface area contributed by atoms with E-state index in [-0.39, 0.29) is 43.6 Å². The Balaban J connectivity index is 2.14. The number of carbonyl (C=O) groups excluding carboxylic acids is 1. The fourth-order valence-corrected chi connectivity index (χ4v) is 8.71. The van der Waals surface area contributed by atoms with Gasteiger partial charge in [-0.3, -0.25) is 9.69 Å². The topological polar surface area (TPSA) is 180 Å². The van der Waals surface area contributed by atoms with Crippen molar-refractivity contribution in [3.8, 4) is 0 Å². The minimum absolute atomic E-state index is 0.0149. The lowest BCUT2D eigenvalue weighted by Gasteiger charge is -2.47. The first-order chi connectivity index (χ1) is 24.1. The fraction of sp³-hybridized carbons (Fsp3) is 0.974. The van der Waals surface area contributed by atoms with Crippen molar-refractivity contribution in [2.75, 3.05) is 34.5 Å². The molecule has 3 rings (SSSR count). The number of hydrogen-bond donors (Lipinski definition) is 5. The third-order valence-electron chi connectivity index (χ3n) is 12.2. The number of carbonyl (C=O) groups is 1. The molecule has 14 nitrogen and oxygen atoms in total. The molecule has 3 saturated heterocycles. The molecule has 3 aliphatic heterocycles. The van der Waals surface area contributed by atoms with Gasteiger partial charge in [0, 0.05) is 38.1 Å². The van der Waals surface area contributed by atoms with Gasteiger partial charge in [0.25, 0.3) is 0 Å². The number of esters is 1. The molecule has 3 fully saturated rings. The van der Waals surface area contributed by atoms with Crippen LogP contribution in [0.2, 0.25) is 0 Å². The van der Waals surface area contributed by atoms with Gasteiger partial charge in [0.2, 0.25) is 0 Å². The van der Waals surface area contributed by atoms with Gasteiger partial charge in [-0.1, -0.05) is 27.7 Å². The first-order valence-corrected chi connectivity index (χ1v) is 19.3. The summed E-state index contributed by atoms with van der Waals surface area (Å²) in [5.74, 6) is -2.28. The van der Waals surface area contributed by atoms with Gasteiger partial charge in [0.1, 0.15) is 30.0 Å². The molecule has 0 unspecified atom stereocenters. The normalized spacial score (nSPS) is 48.2. The molecule has 5 N–H and O–H groups in total. The number of rotatable bonds is 8. The van der Waals surface area contributed by atoms with Crippen molar-refractivity contribution in [1.82, 2.24) is 9.80 Å². The van der Waals surface area contributed by atoms with Crippen LogP contribution in [0.5, 0.6) is 0 Å². The molecule has 0 bridgehead atoms. The maximum Gasteiger partial charge on any atom is 0.311 e. The summed E-state index contributed by atoms with van der Waals surface area (Å²) >= 11 is 0. The molecule has 18 atom stereocenters. The summed E-state index contributed by atoms with van der Waals surface area (Å²) in [4.78, 5) is 17.9. The smallest absolute Gasteiger partial charge is 0.311 e. The lowest BCUT2D eigenvalue weighted by Crippen LogP contribution is -2.60.